The lowest BCUT2D eigenvalue weighted by atomic mass is 9.96. The number of carbonyl (C=O) groups is 2. The number of sulfonamides is 1. The molecular weight excluding hydrogens is 394 g/mol. The number of rotatable bonds is 8. The highest BCUT2D eigenvalue weighted by Gasteiger charge is 2.25. The molecule has 1 aromatic rings. The van der Waals surface area contributed by atoms with Gasteiger partial charge in [-0.05, 0) is 11.1 Å². The summed E-state index contributed by atoms with van der Waals surface area (Å²) in [6.07, 6.45) is 0.163. The molecule has 0 aromatic heterocycles. The van der Waals surface area contributed by atoms with E-state index in [0.717, 1.165) is 5.56 Å². The van der Waals surface area contributed by atoms with E-state index in [-0.39, 0.29) is 37.1 Å². The molecule has 2 rings (SSSR count). The Kier molecular flexibility index (Phi) is 8.18. The predicted octanol–water partition coefficient (Wildman–Crippen LogP) is 1.02. The minimum atomic E-state index is -3.44. The predicted molar refractivity (Wildman–Crippen MR) is 110 cm³/mol. The summed E-state index contributed by atoms with van der Waals surface area (Å²) in [6, 6.07) is 7.18. The molecule has 1 saturated heterocycles. The van der Waals surface area contributed by atoms with Crippen LogP contribution in [-0.2, 0) is 36.6 Å². The Morgan fingerprint density at radius 2 is 1.69 bits per heavy atom. The zero-order chi connectivity index (χ0) is 21.5. The Balaban J connectivity index is 1.88. The molecule has 9 heteroatoms. The van der Waals surface area contributed by atoms with Crippen LogP contribution in [0.5, 0.6) is 0 Å². The summed E-state index contributed by atoms with van der Waals surface area (Å²) in [5, 5.41) is 5.53. The fourth-order valence-electron chi connectivity index (χ4n) is 2.82. The van der Waals surface area contributed by atoms with Crippen molar-refractivity contribution in [2.75, 3.05) is 32.8 Å². The van der Waals surface area contributed by atoms with Gasteiger partial charge in [-0.3, -0.25) is 9.59 Å². The second-order valence-corrected chi connectivity index (χ2v) is 10.0. The third kappa shape index (κ3) is 7.41. The summed E-state index contributed by atoms with van der Waals surface area (Å²) in [5.41, 5.74) is 0.929. The van der Waals surface area contributed by atoms with Crippen molar-refractivity contribution < 1.29 is 22.7 Å². The van der Waals surface area contributed by atoms with E-state index in [2.05, 4.69) is 10.6 Å². The van der Waals surface area contributed by atoms with Gasteiger partial charge in [0.2, 0.25) is 21.8 Å². The van der Waals surface area contributed by atoms with E-state index in [9.17, 15) is 18.0 Å². The molecule has 1 aliphatic heterocycles. The average molecular weight is 426 g/mol. The third-order valence-electron chi connectivity index (χ3n) is 4.61. The van der Waals surface area contributed by atoms with Gasteiger partial charge in [0, 0.05) is 38.0 Å². The Bertz CT molecular complexity index is 812. The van der Waals surface area contributed by atoms with Crippen LogP contribution >= 0.6 is 0 Å². The van der Waals surface area contributed by atoms with Gasteiger partial charge >= 0.3 is 0 Å². The minimum Gasteiger partial charge on any atom is -0.379 e. The van der Waals surface area contributed by atoms with Crippen LogP contribution < -0.4 is 10.6 Å². The fourth-order valence-corrected chi connectivity index (χ4v) is 4.38. The summed E-state index contributed by atoms with van der Waals surface area (Å²) in [6.45, 7) is 7.46. The Hall–Kier alpha value is -1.97. The average Bonchev–Trinajstić information content (AvgIpc) is 2.67. The zero-order valence-corrected chi connectivity index (χ0v) is 18.2. The van der Waals surface area contributed by atoms with Crippen molar-refractivity contribution in [3.05, 3.63) is 35.4 Å². The van der Waals surface area contributed by atoms with Crippen LogP contribution in [0.4, 0.5) is 0 Å². The number of hydrogen-bond donors (Lipinski definition) is 2. The molecule has 1 aromatic carbocycles. The monoisotopic (exact) mass is 425 g/mol. The van der Waals surface area contributed by atoms with Crippen molar-refractivity contribution in [1.82, 2.24) is 14.9 Å². The summed E-state index contributed by atoms with van der Waals surface area (Å²) < 4.78 is 32.0. The van der Waals surface area contributed by atoms with E-state index >= 15 is 0 Å². The molecule has 2 amide bonds. The minimum absolute atomic E-state index is 0.107. The molecular formula is C20H31N3O5S. The van der Waals surface area contributed by atoms with Crippen LogP contribution in [0, 0.1) is 5.41 Å². The number of carbonyl (C=O) groups excluding carboxylic acids is 2. The van der Waals surface area contributed by atoms with Gasteiger partial charge in [-0.1, -0.05) is 45.0 Å². The van der Waals surface area contributed by atoms with Gasteiger partial charge in [0.15, 0.2) is 0 Å². The highest BCUT2D eigenvalue weighted by Crippen LogP contribution is 2.17. The third-order valence-corrected chi connectivity index (χ3v) is 6.44. The first-order chi connectivity index (χ1) is 13.6. The lowest BCUT2D eigenvalue weighted by molar-refractivity contribution is -0.128. The number of nitrogens with zero attached hydrogens (tertiary/aromatic N) is 1. The molecule has 0 bridgehead atoms. The molecule has 1 fully saturated rings. The Morgan fingerprint density at radius 1 is 1.07 bits per heavy atom. The second-order valence-electron chi connectivity index (χ2n) is 8.07. The van der Waals surface area contributed by atoms with Crippen LogP contribution in [0.3, 0.4) is 0 Å². The maximum Gasteiger partial charge on any atom is 0.225 e. The zero-order valence-electron chi connectivity index (χ0n) is 17.4. The van der Waals surface area contributed by atoms with Crippen molar-refractivity contribution in [2.24, 2.45) is 5.41 Å². The number of benzene rings is 1. The first kappa shape index (κ1) is 23.3. The number of ether oxygens (including phenoxy) is 1. The molecule has 162 valence electrons. The van der Waals surface area contributed by atoms with Gasteiger partial charge in [0.1, 0.15) is 0 Å². The van der Waals surface area contributed by atoms with Crippen molar-refractivity contribution >= 4 is 21.8 Å². The van der Waals surface area contributed by atoms with E-state index in [1.54, 1.807) is 12.1 Å². The molecule has 0 spiro atoms. The van der Waals surface area contributed by atoms with Crippen molar-refractivity contribution in [1.29, 1.82) is 0 Å². The van der Waals surface area contributed by atoms with Crippen LogP contribution in [0.2, 0.25) is 0 Å². The van der Waals surface area contributed by atoms with E-state index < -0.39 is 15.4 Å². The van der Waals surface area contributed by atoms with Crippen LogP contribution in [0.25, 0.3) is 0 Å². The Morgan fingerprint density at radius 3 is 2.31 bits per heavy atom. The smallest absolute Gasteiger partial charge is 0.225 e. The van der Waals surface area contributed by atoms with Crippen LogP contribution in [0.1, 0.15) is 38.3 Å². The lowest BCUT2D eigenvalue weighted by Crippen LogP contribution is -2.41. The summed E-state index contributed by atoms with van der Waals surface area (Å²) in [4.78, 5) is 23.9. The van der Waals surface area contributed by atoms with E-state index in [4.69, 9.17) is 4.74 Å². The van der Waals surface area contributed by atoms with E-state index in [0.29, 0.717) is 31.9 Å². The molecule has 1 aliphatic rings. The van der Waals surface area contributed by atoms with Crippen molar-refractivity contribution in [3.63, 3.8) is 0 Å². The van der Waals surface area contributed by atoms with Gasteiger partial charge in [-0.2, -0.15) is 4.31 Å². The number of nitrogens with one attached hydrogen (secondary N) is 2. The van der Waals surface area contributed by atoms with Crippen LogP contribution in [-0.4, -0.2) is 57.4 Å². The highest BCUT2D eigenvalue weighted by atomic mass is 32.2. The quantitative estimate of drug-likeness (QED) is 0.647. The lowest BCUT2D eigenvalue weighted by Gasteiger charge is -2.26. The first-order valence-corrected chi connectivity index (χ1v) is 11.4. The molecule has 8 nitrogen and oxygen atoms in total. The molecule has 0 atom stereocenters. The summed E-state index contributed by atoms with van der Waals surface area (Å²) in [5.74, 6) is -0.422. The maximum atomic E-state index is 12.7. The molecule has 2 N–H and O–H groups in total. The normalized spacial score (nSPS) is 15.7. The standard InChI is InChI=1S/C20H31N3O5S/c1-20(2,3)19(25)21-9-8-18(24)22-14-16-6-4-5-7-17(16)15-29(26,27)23-10-12-28-13-11-23/h4-7H,8-15H2,1-3H3,(H,21,25)(H,22,24). The summed E-state index contributed by atoms with van der Waals surface area (Å²) in [7, 11) is -3.44. The first-order valence-electron chi connectivity index (χ1n) is 9.77. The number of hydrogen-bond acceptors (Lipinski definition) is 5. The molecule has 0 unspecified atom stereocenters. The van der Waals surface area contributed by atoms with Gasteiger partial charge in [-0.15, -0.1) is 0 Å². The fraction of sp³-hybridized carbons (Fsp3) is 0.600. The molecule has 0 aliphatic carbocycles. The van der Waals surface area contributed by atoms with Gasteiger partial charge in [0.25, 0.3) is 0 Å². The second kappa shape index (κ2) is 10.2. The molecule has 0 radical (unpaired) electrons. The van der Waals surface area contributed by atoms with E-state index in [1.807, 2.05) is 32.9 Å². The van der Waals surface area contributed by atoms with Crippen molar-refractivity contribution in [3.8, 4) is 0 Å². The van der Waals surface area contributed by atoms with Crippen LogP contribution in [0.15, 0.2) is 24.3 Å². The topological polar surface area (TPSA) is 105 Å². The molecule has 1 heterocycles. The molecule has 29 heavy (non-hydrogen) atoms. The number of morpholine rings is 1. The highest BCUT2D eigenvalue weighted by molar-refractivity contribution is 7.88. The van der Waals surface area contributed by atoms with Gasteiger partial charge in [-0.25, -0.2) is 8.42 Å². The number of amides is 2. The largest absolute Gasteiger partial charge is 0.379 e. The summed E-state index contributed by atoms with van der Waals surface area (Å²) >= 11 is 0. The maximum absolute atomic E-state index is 12.7. The van der Waals surface area contributed by atoms with Gasteiger partial charge in [0.05, 0.1) is 19.0 Å². The van der Waals surface area contributed by atoms with Crippen molar-refractivity contribution in [2.45, 2.75) is 39.5 Å². The Labute approximate surface area is 173 Å². The SMILES string of the molecule is CC(C)(C)C(=O)NCCC(=O)NCc1ccccc1CS(=O)(=O)N1CCOCC1. The van der Waals surface area contributed by atoms with Gasteiger partial charge < -0.3 is 15.4 Å². The van der Waals surface area contributed by atoms with E-state index in [1.165, 1.54) is 4.31 Å². The molecule has 0 saturated carbocycles.